The fraction of sp³-hybridized carbons (Fsp3) is 0.222. The third-order valence-electron chi connectivity index (χ3n) is 1.96. The van der Waals surface area contributed by atoms with Crippen LogP contribution in [0.3, 0.4) is 0 Å². The van der Waals surface area contributed by atoms with E-state index in [1.165, 1.54) is 6.20 Å². The van der Waals surface area contributed by atoms with Crippen molar-refractivity contribution in [3.8, 4) is 10.6 Å². The van der Waals surface area contributed by atoms with E-state index in [1.54, 1.807) is 6.92 Å². The highest BCUT2D eigenvalue weighted by molar-refractivity contribution is 7.13. The average Bonchev–Trinajstić information content (AvgIpc) is 2.65. The van der Waals surface area contributed by atoms with Crippen LogP contribution in [0.4, 0.5) is 19.0 Å². The monoisotopic (exact) mass is 260 g/mol. The largest absolute Gasteiger partial charge is 0.434 e. The van der Waals surface area contributed by atoms with Gasteiger partial charge in [0.1, 0.15) is 16.6 Å². The Kier molecular flexibility index (Phi) is 2.74. The summed E-state index contributed by atoms with van der Waals surface area (Å²) < 4.78 is 37.1. The van der Waals surface area contributed by atoms with Gasteiger partial charge in [-0.15, -0.1) is 11.3 Å². The summed E-state index contributed by atoms with van der Waals surface area (Å²) >= 11 is 0.858. The van der Waals surface area contributed by atoms with Gasteiger partial charge in [-0.2, -0.15) is 13.2 Å². The third-order valence-corrected chi connectivity index (χ3v) is 2.84. The second-order valence-corrected chi connectivity index (χ2v) is 4.11. The number of nitrogen functional groups attached to an aromatic ring is 1. The zero-order valence-corrected chi connectivity index (χ0v) is 9.43. The van der Waals surface area contributed by atoms with Gasteiger partial charge in [0.2, 0.25) is 0 Å². The maximum absolute atomic E-state index is 12.4. The number of rotatable bonds is 1. The number of alkyl halides is 3. The van der Waals surface area contributed by atoms with E-state index < -0.39 is 11.9 Å². The molecule has 2 aromatic heterocycles. The van der Waals surface area contributed by atoms with Gasteiger partial charge in [-0.25, -0.2) is 15.0 Å². The number of thiazole rings is 1. The standard InChI is InChI=1S/C9H7F3N4S/c1-4-14-2-5(7(13)15-4)8-16-6(3-17-8)9(10,11)12/h2-3H,1H3,(H2,13,14,15). The third kappa shape index (κ3) is 2.36. The Morgan fingerprint density at radius 2 is 2.00 bits per heavy atom. The van der Waals surface area contributed by atoms with Crippen LogP contribution >= 0.6 is 11.3 Å². The van der Waals surface area contributed by atoms with Crippen molar-refractivity contribution in [2.45, 2.75) is 13.1 Å². The summed E-state index contributed by atoms with van der Waals surface area (Å²) in [4.78, 5) is 11.2. The Morgan fingerprint density at radius 3 is 2.53 bits per heavy atom. The highest BCUT2D eigenvalue weighted by atomic mass is 32.1. The molecular weight excluding hydrogens is 253 g/mol. The van der Waals surface area contributed by atoms with E-state index in [0.29, 0.717) is 11.4 Å². The Labute approximate surface area is 98.4 Å². The van der Waals surface area contributed by atoms with Crippen LogP contribution in [-0.4, -0.2) is 15.0 Å². The minimum atomic E-state index is -4.45. The minimum absolute atomic E-state index is 0.126. The number of anilines is 1. The Bertz CT molecular complexity index is 549. The smallest absolute Gasteiger partial charge is 0.383 e. The van der Waals surface area contributed by atoms with Crippen LogP contribution < -0.4 is 5.73 Å². The lowest BCUT2D eigenvalue weighted by Crippen LogP contribution is -2.05. The minimum Gasteiger partial charge on any atom is -0.383 e. The molecule has 0 aromatic carbocycles. The van der Waals surface area contributed by atoms with Crippen molar-refractivity contribution < 1.29 is 13.2 Å². The summed E-state index contributed by atoms with van der Waals surface area (Å²) in [6.45, 7) is 1.64. The average molecular weight is 260 g/mol. The summed E-state index contributed by atoms with van der Waals surface area (Å²) in [6, 6.07) is 0. The highest BCUT2D eigenvalue weighted by Crippen LogP contribution is 2.34. The lowest BCUT2D eigenvalue weighted by molar-refractivity contribution is -0.140. The van der Waals surface area contributed by atoms with Gasteiger partial charge >= 0.3 is 6.18 Å². The van der Waals surface area contributed by atoms with Crippen molar-refractivity contribution in [1.82, 2.24) is 15.0 Å². The number of hydrogen-bond donors (Lipinski definition) is 1. The lowest BCUT2D eigenvalue weighted by Gasteiger charge is -2.02. The Hall–Kier alpha value is -1.70. The second-order valence-electron chi connectivity index (χ2n) is 3.25. The van der Waals surface area contributed by atoms with Crippen LogP contribution in [0.2, 0.25) is 0 Å². The molecule has 2 aromatic rings. The normalized spacial score (nSPS) is 11.8. The molecule has 0 spiro atoms. The molecule has 4 nitrogen and oxygen atoms in total. The number of nitrogens with two attached hydrogens (primary N) is 1. The van der Waals surface area contributed by atoms with Gasteiger partial charge in [0.25, 0.3) is 0 Å². The molecule has 0 unspecified atom stereocenters. The van der Waals surface area contributed by atoms with E-state index in [1.807, 2.05) is 0 Å². The molecule has 0 fully saturated rings. The van der Waals surface area contributed by atoms with Crippen LogP contribution in [0.15, 0.2) is 11.6 Å². The van der Waals surface area contributed by atoms with Gasteiger partial charge in [-0.1, -0.05) is 0 Å². The van der Waals surface area contributed by atoms with Crippen LogP contribution in [0.25, 0.3) is 10.6 Å². The predicted octanol–water partition coefficient (Wildman–Crippen LogP) is 2.51. The molecule has 8 heteroatoms. The number of halogens is 3. The van der Waals surface area contributed by atoms with Crippen molar-refractivity contribution in [2.24, 2.45) is 0 Å². The quantitative estimate of drug-likeness (QED) is 0.855. The first-order valence-corrected chi connectivity index (χ1v) is 5.38. The molecule has 2 rings (SSSR count). The van der Waals surface area contributed by atoms with Gasteiger partial charge in [-0.3, -0.25) is 0 Å². The van der Waals surface area contributed by atoms with Crippen LogP contribution in [0.1, 0.15) is 11.5 Å². The lowest BCUT2D eigenvalue weighted by atomic mass is 10.3. The Morgan fingerprint density at radius 1 is 1.29 bits per heavy atom. The molecular formula is C9H7F3N4S. The van der Waals surface area contributed by atoms with E-state index in [9.17, 15) is 13.2 Å². The molecule has 0 atom stereocenters. The maximum atomic E-state index is 12.4. The topological polar surface area (TPSA) is 64.7 Å². The van der Waals surface area contributed by atoms with E-state index in [2.05, 4.69) is 15.0 Å². The predicted molar refractivity (Wildman–Crippen MR) is 57.3 cm³/mol. The van der Waals surface area contributed by atoms with Crippen molar-refractivity contribution in [3.05, 3.63) is 23.1 Å². The van der Waals surface area contributed by atoms with Crippen LogP contribution in [0.5, 0.6) is 0 Å². The molecule has 0 radical (unpaired) electrons. The van der Waals surface area contributed by atoms with Gasteiger partial charge in [0.05, 0.1) is 5.56 Å². The molecule has 0 aliphatic heterocycles. The van der Waals surface area contributed by atoms with E-state index in [4.69, 9.17) is 5.73 Å². The molecule has 0 saturated heterocycles. The first-order valence-electron chi connectivity index (χ1n) is 4.50. The zero-order chi connectivity index (χ0) is 12.6. The van der Waals surface area contributed by atoms with Gasteiger partial charge in [0, 0.05) is 11.6 Å². The molecule has 0 aliphatic rings. The van der Waals surface area contributed by atoms with Crippen molar-refractivity contribution >= 4 is 17.2 Å². The van der Waals surface area contributed by atoms with Crippen LogP contribution in [0, 0.1) is 6.92 Å². The summed E-state index contributed by atoms with van der Waals surface area (Å²) in [5, 5.41) is 1.10. The van der Waals surface area contributed by atoms with Gasteiger partial charge in [0.15, 0.2) is 5.69 Å². The summed E-state index contributed by atoms with van der Waals surface area (Å²) in [7, 11) is 0. The zero-order valence-electron chi connectivity index (χ0n) is 8.62. The first-order chi connectivity index (χ1) is 7.88. The second kappa shape index (κ2) is 3.95. The Balaban J connectivity index is 2.44. The van der Waals surface area contributed by atoms with E-state index in [0.717, 1.165) is 16.7 Å². The van der Waals surface area contributed by atoms with Crippen molar-refractivity contribution in [3.63, 3.8) is 0 Å². The molecule has 90 valence electrons. The van der Waals surface area contributed by atoms with Crippen molar-refractivity contribution in [2.75, 3.05) is 5.73 Å². The molecule has 2 N–H and O–H groups in total. The molecule has 17 heavy (non-hydrogen) atoms. The van der Waals surface area contributed by atoms with Gasteiger partial charge in [-0.05, 0) is 6.92 Å². The summed E-state index contributed by atoms with van der Waals surface area (Å²) in [5.41, 5.74) is 4.99. The number of hydrogen-bond acceptors (Lipinski definition) is 5. The highest BCUT2D eigenvalue weighted by Gasteiger charge is 2.34. The summed E-state index contributed by atoms with van der Waals surface area (Å²) in [6.07, 6.45) is -3.08. The van der Waals surface area contributed by atoms with Gasteiger partial charge < -0.3 is 5.73 Å². The van der Waals surface area contributed by atoms with Crippen molar-refractivity contribution in [1.29, 1.82) is 0 Å². The molecule has 0 bridgehead atoms. The number of nitrogens with zero attached hydrogens (tertiary/aromatic N) is 3. The van der Waals surface area contributed by atoms with Crippen LogP contribution in [-0.2, 0) is 6.18 Å². The number of aromatic nitrogens is 3. The SMILES string of the molecule is Cc1ncc(-c2nc(C(F)(F)F)cs2)c(N)n1. The number of aryl methyl sites for hydroxylation is 1. The van der Waals surface area contributed by atoms with E-state index in [-0.39, 0.29) is 10.8 Å². The molecule has 0 saturated carbocycles. The van der Waals surface area contributed by atoms with E-state index >= 15 is 0 Å². The fourth-order valence-electron chi connectivity index (χ4n) is 1.18. The maximum Gasteiger partial charge on any atom is 0.434 e. The fourth-order valence-corrected chi connectivity index (χ4v) is 2.02. The summed E-state index contributed by atoms with van der Waals surface area (Å²) in [5.74, 6) is 0.583. The molecule has 2 heterocycles. The molecule has 0 amide bonds. The molecule has 0 aliphatic carbocycles. The first kappa shape index (κ1) is 11.8.